The van der Waals surface area contributed by atoms with Gasteiger partial charge in [-0.15, -0.1) is 0 Å². The van der Waals surface area contributed by atoms with Gasteiger partial charge in [0.05, 0.1) is 5.60 Å². The smallest absolute Gasteiger partial charge is 0.0685 e. The predicted molar refractivity (Wildman–Crippen MR) is 95.3 cm³/mol. The van der Waals surface area contributed by atoms with Crippen LogP contribution in [0.4, 0.5) is 0 Å². The zero-order chi connectivity index (χ0) is 14.7. The van der Waals surface area contributed by atoms with E-state index in [4.69, 9.17) is 10.5 Å². The van der Waals surface area contributed by atoms with Gasteiger partial charge in [-0.3, -0.25) is 0 Å². The van der Waals surface area contributed by atoms with Crippen molar-refractivity contribution in [2.24, 2.45) is 11.7 Å². The average Bonchev–Trinajstić information content (AvgIpc) is 2.55. The van der Waals surface area contributed by atoms with Crippen molar-refractivity contribution >= 4 is 23.5 Å². The summed E-state index contributed by atoms with van der Waals surface area (Å²) in [7, 11) is 0. The van der Waals surface area contributed by atoms with Crippen molar-refractivity contribution in [3.8, 4) is 0 Å². The van der Waals surface area contributed by atoms with E-state index in [-0.39, 0.29) is 5.60 Å². The maximum Gasteiger partial charge on any atom is 0.0685 e. The summed E-state index contributed by atoms with van der Waals surface area (Å²) in [5.41, 5.74) is 6.99. The predicted octanol–water partition coefficient (Wildman–Crippen LogP) is 4.07. The molecule has 3 rings (SSSR count). The summed E-state index contributed by atoms with van der Waals surface area (Å²) in [5.74, 6) is 3.28. The first-order valence-electron chi connectivity index (χ1n) is 8.87. The molecule has 2 N–H and O–H groups in total. The van der Waals surface area contributed by atoms with Gasteiger partial charge >= 0.3 is 0 Å². The molecule has 1 saturated carbocycles. The lowest BCUT2D eigenvalue weighted by molar-refractivity contribution is -0.120. The van der Waals surface area contributed by atoms with Gasteiger partial charge in [0, 0.05) is 34.7 Å². The largest absolute Gasteiger partial charge is 0.375 e. The van der Waals surface area contributed by atoms with Crippen LogP contribution in [-0.4, -0.2) is 40.3 Å². The van der Waals surface area contributed by atoms with Gasteiger partial charge in [0.1, 0.15) is 0 Å². The highest BCUT2D eigenvalue weighted by atomic mass is 32.2. The Morgan fingerprint density at radius 3 is 2.71 bits per heavy atom. The molecule has 122 valence electrons. The van der Waals surface area contributed by atoms with E-state index in [0.29, 0.717) is 17.2 Å². The minimum Gasteiger partial charge on any atom is -0.375 e. The van der Waals surface area contributed by atoms with Crippen molar-refractivity contribution in [1.29, 1.82) is 0 Å². The normalized spacial score (nSPS) is 38.3. The molecular formula is C17H31NOS2. The summed E-state index contributed by atoms with van der Waals surface area (Å²) in [5, 5.41) is 1.43. The summed E-state index contributed by atoms with van der Waals surface area (Å²) >= 11 is 4.30. The van der Waals surface area contributed by atoms with Gasteiger partial charge in [-0.2, -0.15) is 23.5 Å². The van der Waals surface area contributed by atoms with Crippen LogP contribution >= 0.6 is 23.5 Å². The molecule has 2 nitrogen and oxygen atoms in total. The fourth-order valence-corrected chi connectivity index (χ4v) is 7.78. The van der Waals surface area contributed by atoms with Gasteiger partial charge < -0.3 is 10.5 Å². The zero-order valence-corrected chi connectivity index (χ0v) is 15.0. The Hall–Kier alpha value is 0.620. The topological polar surface area (TPSA) is 35.2 Å². The second-order valence-corrected chi connectivity index (χ2v) is 9.71. The van der Waals surface area contributed by atoms with E-state index in [1.54, 1.807) is 0 Å². The molecule has 2 saturated heterocycles. The fraction of sp³-hybridized carbons (Fsp3) is 1.00. The average molecular weight is 330 g/mol. The molecule has 4 atom stereocenters. The van der Waals surface area contributed by atoms with Crippen molar-refractivity contribution in [2.75, 3.05) is 18.1 Å². The number of thioether (sulfide) groups is 2. The summed E-state index contributed by atoms with van der Waals surface area (Å²) in [6.07, 6.45) is 10.3. The van der Waals surface area contributed by atoms with Gasteiger partial charge in [0.25, 0.3) is 0 Å². The number of hydrogen-bond donors (Lipinski definition) is 1. The van der Waals surface area contributed by atoms with Gasteiger partial charge in [-0.25, -0.2) is 0 Å². The molecule has 3 aliphatic rings. The van der Waals surface area contributed by atoms with Crippen LogP contribution in [-0.2, 0) is 4.74 Å². The quantitative estimate of drug-likeness (QED) is 0.846. The lowest BCUT2D eigenvalue weighted by Gasteiger charge is -2.47. The summed E-state index contributed by atoms with van der Waals surface area (Å²) in [6.45, 7) is 3.27. The Morgan fingerprint density at radius 1 is 1.19 bits per heavy atom. The highest BCUT2D eigenvalue weighted by molar-refractivity contribution is 8.07. The highest BCUT2D eigenvalue weighted by Crippen LogP contribution is 2.44. The molecule has 0 aromatic heterocycles. The van der Waals surface area contributed by atoms with E-state index in [1.165, 1.54) is 62.9 Å². The van der Waals surface area contributed by atoms with Crippen molar-refractivity contribution in [2.45, 2.75) is 80.4 Å². The van der Waals surface area contributed by atoms with E-state index < -0.39 is 0 Å². The summed E-state index contributed by atoms with van der Waals surface area (Å²) in [6, 6.07) is 0.371. The zero-order valence-electron chi connectivity index (χ0n) is 13.4. The SMILES string of the molecule is CCC1SCCSC1C(N)C1CCOC2(CCCCC2)C1. The van der Waals surface area contributed by atoms with Crippen LogP contribution in [0.1, 0.15) is 58.3 Å². The fourth-order valence-electron chi connectivity index (χ4n) is 4.50. The molecule has 3 fully saturated rings. The monoisotopic (exact) mass is 329 g/mol. The first-order valence-corrected chi connectivity index (χ1v) is 11.0. The standard InChI is InChI=1S/C17H31NOS2/c1-2-14-16(21-11-10-20-14)15(18)13-6-9-19-17(12-13)7-4-3-5-8-17/h13-16H,2-12,18H2,1H3. The first kappa shape index (κ1) is 16.5. The van der Waals surface area contributed by atoms with Crippen molar-refractivity contribution < 1.29 is 4.74 Å². The van der Waals surface area contributed by atoms with E-state index in [0.717, 1.165) is 11.9 Å². The number of hydrogen-bond acceptors (Lipinski definition) is 4. The molecule has 0 radical (unpaired) electrons. The van der Waals surface area contributed by atoms with Crippen LogP contribution in [0.5, 0.6) is 0 Å². The van der Waals surface area contributed by atoms with Crippen LogP contribution in [0.2, 0.25) is 0 Å². The van der Waals surface area contributed by atoms with Crippen LogP contribution < -0.4 is 5.73 Å². The second-order valence-electron chi connectivity index (χ2n) is 7.08. The Kier molecular flexibility index (Phi) is 5.85. The minimum absolute atomic E-state index is 0.201. The van der Waals surface area contributed by atoms with Crippen LogP contribution in [0.3, 0.4) is 0 Å². The van der Waals surface area contributed by atoms with Gasteiger partial charge in [-0.05, 0) is 38.0 Å². The first-order chi connectivity index (χ1) is 10.2. The Balaban J connectivity index is 1.64. The molecule has 0 aromatic rings. The summed E-state index contributed by atoms with van der Waals surface area (Å²) in [4.78, 5) is 0. The molecule has 1 aliphatic carbocycles. The molecule has 1 spiro atoms. The van der Waals surface area contributed by atoms with Crippen molar-refractivity contribution in [3.05, 3.63) is 0 Å². The number of ether oxygens (including phenoxy) is 1. The van der Waals surface area contributed by atoms with E-state index in [1.807, 2.05) is 0 Å². The molecule has 4 heteroatoms. The Bertz CT molecular complexity index is 327. The van der Waals surface area contributed by atoms with E-state index in [9.17, 15) is 0 Å². The molecule has 2 aliphatic heterocycles. The van der Waals surface area contributed by atoms with Gasteiger partial charge in [0.15, 0.2) is 0 Å². The van der Waals surface area contributed by atoms with Crippen LogP contribution in [0.25, 0.3) is 0 Å². The summed E-state index contributed by atoms with van der Waals surface area (Å²) < 4.78 is 6.26. The van der Waals surface area contributed by atoms with Gasteiger partial charge in [0.2, 0.25) is 0 Å². The lowest BCUT2D eigenvalue weighted by Crippen LogP contribution is -2.52. The van der Waals surface area contributed by atoms with E-state index >= 15 is 0 Å². The maximum absolute atomic E-state index is 6.79. The van der Waals surface area contributed by atoms with E-state index in [2.05, 4.69) is 30.4 Å². The maximum atomic E-state index is 6.79. The van der Waals surface area contributed by atoms with Crippen molar-refractivity contribution in [3.63, 3.8) is 0 Å². The Morgan fingerprint density at radius 2 is 1.95 bits per heavy atom. The molecule has 4 unspecified atom stereocenters. The highest BCUT2D eigenvalue weighted by Gasteiger charge is 2.43. The molecule has 2 heterocycles. The van der Waals surface area contributed by atoms with Crippen molar-refractivity contribution in [1.82, 2.24) is 0 Å². The number of rotatable bonds is 3. The Labute approximate surface area is 138 Å². The molecule has 21 heavy (non-hydrogen) atoms. The molecule has 0 amide bonds. The third-order valence-corrected chi connectivity index (χ3v) is 9.11. The molecular weight excluding hydrogens is 298 g/mol. The third kappa shape index (κ3) is 3.76. The van der Waals surface area contributed by atoms with Crippen LogP contribution in [0, 0.1) is 5.92 Å². The van der Waals surface area contributed by atoms with Gasteiger partial charge in [-0.1, -0.05) is 26.2 Å². The minimum atomic E-state index is 0.201. The molecule has 0 aromatic carbocycles. The second kappa shape index (κ2) is 7.46. The third-order valence-electron chi connectivity index (χ3n) is 5.71. The molecule has 0 bridgehead atoms. The van der Waals surface area contributed by atoms with Crippen LogP contribution in [0.15, 0.2) is 0 Å². The number of nitrogens with two attached hydrogens (primary N) is 1. The lowest BCUT2D eigenvalue weighted by atomic mass is 9.73.